The summed E-state index contributed by atoms with van der Waals surface area (Å²) in [6.07, 6.45) is 4.71. The largest absolute Gasteiger partial charge is 0.491 e. The molecule has 144 valence electrons. The second-order valence-corrected chi connectivity index (χ2v) is 8.05. The van der Waals surface area contributed by atoms with Crippen LogP contribution < -0.4 is 10.1 Å². The van der Waals surface area contributed by atoms with Gasteiger partial charge in [-0.05, 0) is 55.2 Å². The van der Waals surface area contributed by atoms with Crippen molar-refractivity contribution in [2.75, 3.05) is 13.2 Å². The maximum absolute atomic E-state index is 12.2. The molecule has 0 amide bonds. The van der Waals surface area contributed by atoms with Crippen molar-refractivity contribution in [2.45, 2.75) is 64.2 Å². The first-order chi connectivity index (χ1) is 12.5. The zero-order valence-electron chi connectivity index (χ0n) is 15.8. The number of esters is 1. The molecule has 5 nitrogen and oxygen atoms in total. The number of hydrogen-bond acceptors (Lipinski definition) is 5. The van der Waals surface area contributed by atoms with Crippen LogP contribution in [0.1, 0.15) is 45.1 Å². The highest BCUT2D eigenvalue weighted by Gasteiger charge is 2.41. The molecule has 4 atom stereocenters. The standard InChI is InChI=1S/C21H31NO4/c1-14(2)22-12-18(23)13-25-19-7-4-15(5-8-19)11-21(24)26-20-10-16-3-6-17(20)9-16/h4-5,7-8,14,16-18,20,22-23H,3,6,9-13H2,1-2H3. The zero-order valence-corrected chi connectivity index (χ0v) is 15.8. The Morgan fingerprint density at radius 3 is 2.62 bits per heavy atom. The van der Waals surface area contributed by atoms with Crippen LogP contribution in [0.2, 0.25) is 0 Å². The van der Waals surface area contributed by atoms with Crippen LogP contribution in [-0.4, -0.2) is 42.5 Å². The van der Waals surface area contributed by atoms with Crippen molar-refractivity contribution in [3.8, 4) is 5.75 Å². The molecule has 5 heteroatoms. The monoisotopic (exact) mass is 361 g/mol. The summed E-state index contributed by atoms with van der Waals surface area (Å²) < 4.78 is 11.3. The molecule has 1 aromatic carbocycles. The number of aliphatic hydroxyl groups excluding tert-OH is 1. The normalized spacial score (nSPS) is 25.5. The van der Waals surface area contributed by atoms with Crippen LogP contribution in [-0.2, 0) is 16.0 Å². The Morgan fingerprint density at radius 2 is 2.00 bits per heavy atom. The van der Waals surface area contributed by atoms with Gasteiger partial charge in [0.15, 0.2) is 0 Å². The highest BCUT2D eigenvalue weighted by atomic mass is 16.5. The van der Waals surface area contributed by atoms with E-state index in [0.717, 1.165) is 17.9 Å². The van der Waals surface area contributed by atoms with E-state index in [4.69, 9.17) is 9.47 Å². The van der Waals surface area contributed by atoms with Gasteiger partial charge in [0.05, 0.1) is 6.42 Å². The minimum Gasteiger partial charge on any atom is -0.491 e. The van der Waals surface area contributed by atoms with E-state index in [9.17, 15) is 9.90 Å². The average Bonchev–Trinajstić information content (AvgIpc) is 3.22. The molecule has 2 aliphatic carbocycles. The SMILES string of the molecule is CC(C)NCC(O)COc1ccc(CC(=O)OC2CC3CCC2C3)cc1. The number of benzene rings is 1. The lowest BCUT2D eigenvalue weighted by Crippen LogP contribution is -2.35. The highest BCUT2D eigenvalue weighted by Crippen LogP contribution is 2.45. The molecule has 2 aliphatic rings. The number of carbonyl (C=O) groups is 1. The molecule has 0 spiro atoms. The van der Waals surface area contributed by atoms with Crippen molar-refractivity contribution in [3.05, 3.63) is 29.8 Å². The molecule has 0 radical (unpaired) electrons. The van der Waals surface area contributed by atoms with Crippen LogP contribution in [0.5, 0.6) is 5.75 Å². The molecule has 0 aliphatic heterocycles. The van der Waals surface area contributed by atoms with E-state index in [1.807, 2.05) is 38.1 Å². The predicted octanol–water partition coefficient (Wildman–Crippen LogP) is 2.70. The van der Waals surface area contributed by atoms with Gasteiger partial charge in [-0.25, -0.2) is 0 Å². The highest BCUT2D eigenvalue weighted by molar-refractivity contribution is 5.72. The summed E-state index contributed by atoms with van der Waals surface area (Å²) in [6.45, 7) is 4.82. The van der Waals surface area contributed by atoms with Crippen LogP contribution in [0.15, 0.2) is 24.3 Å². The van der Waals surface area contributed by atoms with Crippen molar-refractivity contribution in [2.24, 2.45) is 11.8 Å². The van der Waals surface area contributed by atoms with Crippen molar-refractivity contribution in [3.63, 3.8) is 0 Å². The lowest BCUT2D eigenvalue weighted by atomic mass is 9.98. The first-order valence-corrected chi connectivity index (χ1v) is 9.82. The van der Waals surface area contributed by atoms with Crippen molar-refractivity contribution < 1.29 is 19.4 Å². The van der Waals surface area contributed by atoms with Crippen molar-refractivity contribution in [1.82, 2.24) is 5.32 Å². The lowest BCUT2D eigenvalue weighted by Gasteiger charge is -2.21. The summed E-state index contributed by atoms with van der Waals surface area (Å²) >= 11 is 0. The molecule has 0 saturated heterocycles. The van der Waals surface area contributed by atoms with Crippen LogP contribution >= 0.6 is 0 Å². The van der Waals surface area contributed by atoms with Gasteiger partial charge < -0.3 is 19.9 Å². The molecule has 2 saturated carbocycles. The van der Waals surface area contributed by atoms with Gasteiger partial charge >= 0.3 is 5.97 Å². The summed E-state index contributed by atoms with van der Waals surface area (Å²) in [5.41, 5.74) is 0.924. The molecular formula is C21H31NO4. The Labute approximate surface area is 156 Å². The van der Waals surface area contributed by atoms with Crippen molar-refractivity contribution in [1.29, 1.82) is 0 Å². The molecule has 3 rings (SSSR count). The van der Waals surface area contributed by atoms with E-state index in [0.29, 0.717) is 30.7 Å². The summed E-state index contributed by atoms with van der Waals surface area (Å²) in [5, 5.41) is 13.0. The van der Waals surface area contributed by atoms with E-state index in [1.54, 1.807) is 0 Å². The molecular weight excluding hydrogens is 330 g/mol. The van der Waals surface area contributed by atoms with Gasteiger partial charge in [0.2, 0.25) is 0 Å². The maximum Gasteiger partial charge on any atom is 0.310 e. The second kappa shape index (κ2) is 8.87. The van der Waals surface area contributed by atoms with Gasteiger partial charge in [0.25, 0.3) is 0 Å². The number of nitrogens with one attached hydrogen (secondary N) is 1. The molecule has 1 aromatic rings. The number of hydrogen-bond donors (Lipinski definition) is 2. The Bertz CT molecular complexity index is 586. The Balaban J connectivity index is 1.39. The minimum absolute atomic E-state index is 0.133. The van der Waals surface area contributed by atoms with E-state index < -0.39 is 6.10 Å². The number of carbonyl (C=O) groups excluding carboxylic acids is 1. The molecule has 4 unspecified atom stereocenters. The second-order valence-electron chi connectivity index (χ2n) is 8.05. The number of ether oxygens (including phenoxy) is 2. The van der Waals surface area contributed by atoms with Gasteiger partial charge in [-0.2, -0.15) is 0 Å². The molecule has 2 bridgehead atoms. The molecule has 2 N–H and O–H groups in total. The lowest BCUT2D eigenvalue weighted by molar-refractivity contribution is -0.150. The first kappa shape index (κ1) is 19.2. The summed E-state index contributed by atoms with van der Waals surface area (Å²) in [5.74, 6) is 1.93. The predicted molar refractivity (Wildman–Crippen MR) is 100 cm³/mol. The quantitative estimate of drug-likeness (QED) is 0.662. The van der Waals surface area contributed by atoms with E-state index in [2.05, 4.69) is 5.32 Å². The van der Waals surface area contributed by atoms with Crippen molar-refractivity contribution >= 4 is 5.97 Å². The van der Waals surface area contributed by atoms with Crippen LogP contribution in [0.25, 0.3) is 0 Å². The fourth-order valence-electron chi connectivity index (χ4n) is 4.03. The van der Waals surface area contributed by atoms with Gasteiger partial charge in [0.1, 0.15) is 24.6 Å². The fourth-order valence-corrected chi connectivity index (χ4v) is 4.03. The zero-order chi connectivity index (χ0) is 18.5. The number of fused-ring (bicyclic) bond motifs is 2. The third-order valence-corrected chi connectivity index (χ3v) is 5.43. The average molecular weight is 361 g/mol. The van der Waals surface area contributed by atoms with Gasteiger partial charge in [-0.1, -0.05) is 26.0 Å². The van der Waals surface area contributed by atoms with Gasteiger partial charge in [-0.15, -0.1) is 0 Å². The third kappa shape index (κ3) is 5.45. The third-order valence-electron chi connectivity index (χ3n) is 5.43. The Morgan fingerprint density at radius 1 is 1.23 bits per heavy atom. The summed E-state index contributed by atoms with van der Waals surface area (Å²) in [4.78, 5) is 12.2. The van der Waals surface area contributed by atoms with Crippen LogP contribution in [0.3, 0.4) is 0 Å². The topological polar surface area (TPSA) is 67.8 Å². The molecule has 0 aromatic heterocycles. The molecule has 26 heavy (non-hydrogen) atoms. The first-order valence-electron chi connectivity index (χ1n) is 9.82. The maximum atomic E-state index is 12.2. The van der Waals surface area contributed by atoms with E-state index in [1.165, 1.54) is 19.3 Å². The summed E-state index contributed by atoms with van der Waals surface area (Å²) in [6, 6.07) is 7.78. The van der Waals surface area contributed by atoms with Gasteiger partial charge in [0, 0.05) is 12.6 Å². The van der Waals surface area contributed by atoms with Gasteiger partial charge in [-0.3, -0.25) is 4.79 Å². The molecule has 0 heterocycles. The fraction of sp³-hybridized carbons (Fsp3) is 0.667. The number of rotatable bonds is 9. The molecule has 2 fully saturated rings. The van der Waals surface area contributed by atoms with Crippen LogP contribution in [0.4, 0.5) is 0 Å². The smallest absolute Gasteiger partial charge is 0.310 e. The summed E-state index contributed by atoms with van der Waals surface area (Å²) in [7, 11) is 0. The number of aliphatic hydroxyl groups is 1. The van der Waals surface area contributed by atoms with E-state index >= 15 is 0 Å². The Hall–Kier alpha value is -1.59. The van der Waals surface area contributed by atoms with Crippen LogP contribution in [0, 0.1) is 11.8 Å². The Kier molecular flexibility index (Phi) is 6.54. The van der Waals surface area contributed by atoms with E-state index in [-0.39, 0.29) is 18.7 Å². The minimum atomic E-state index is -0.547.